The molecule has 28 heavy (non-hydrogen) atoms. The van der Waals surface area contributed by atoms with Crippen LogP contribution in [0.3, 0.4) is 0 Å². The van der Waals surface area contributed by atoms with Crippen molar-refractivity contribution in [3.8, 4) is 17.1 Å². The van der Waals surface area contributed by atoms with Crippen molar-refractivity contribution in [2.75, 3.05) is 5.84 Å². The minimum atomic E-state index is -2.87. The Balaban J connectivity index is 1.48. The quantitative estimate of drug-likeness (QED) is 0.342. The first-order chi connectivity index (χ1) is 13.5. The van der Waals surface area contributed by atoms with Gasteiger partial charge in [0.25, 0.3) is 0 Å². The van der Waals surface area contributed by atoms with Crippen LogP contribution in [-0.2, 0) is 5.75 Å². The number of aromatic nitrogens is 5. The van der Waals surface area contributed by atoms with Crippen molar-refractivity contribution in [3.05, 3.63) is 59.0 Å². The Labute approximate surface area is 170 Å². The van der Waals surface area contributed by atoms with Crippen LogP contribution >= 0.6 is 27.7 Å². The number of fused-ring (bicyclic) bond motifs is 1. The lowest BCUT2D eigenvalue weighted by Crippen LogP contribution is -2.11. The van der Waals surface area contributed by atoms with Crippen LogP contribution < -0.4 is 10.6 Å². The minimum absolute atomic E-state index is 0.0647. The zero-order valence-corrected chi connectivity index (χ0v) is 16.6. The Hall–Kier alpha value is -2.66. The summed E-state index contributed by atoms with van der Waals surface area (Å²) in [6, 6.07) is 9.90. The first-order valence-electron chi connectivity index (χ1n) is 8.01. The van der Waals surface area contributed by atoms with Crippen LogP contribution in [0.4, 0.5) is 8.78 Å². The van der Waals surface area contributed by atoms with E-state index in [0.29, 0.717) is 22.3 Å². The van der Waals surface area contributed by atoms with E-state index in [-0.39, 0.29) is 5.75 Å². The van der Waals surface area contributed by atoms with Crippen molar-refractivity contribution >= 4 is 33.3 Å². The third-order valence-electron chi connectivity index (χ3n) is 3.82. The number of pyridine rings is 1. The number of hydrogen-bond donors (Lipinski definition) is 1. The molecule has 0 fully saturated rings. The molecule has 0 saturated carbocycles. The number of ether oxygens (including phenoxy) is 1. The third-order valence-corrected chi connectivity index (χ3v) is 5.26. The van der Waals surface area contributed by atoms with E-state index >= 15 is 0 Å². The Bertz CT molecular complexity index is 1110. The normalized spacial score (nSPS) is 11.4. The predicted octanol–water partition coefficient (Wildman–Crippen LogP) is 3.96. The lowest BCUT2D eigenvalue weighted by molar-refractivity contribution is -0.0498. The summed E-state index contributed by atoms with van der Waals surface area (Å²) in [4.78, 5) is 4.54. The molecule has 0 bridgehead atoms. The van der Waals surface area contributed by atoms with Gasteiger partial charge in [0.2, 0.25) is 5.16 Å². The number of alkyl halides is 2. The summed E-state index contributed by atoms with van der Waals surface area (Å²) in [7, 11) is 0. The summed E-state index contributed by atoms with van der Waals surface area (Å²) >= 11 is 4.83. The standard InChI is InChI=1S/C17H13BrF2N6OS/c18-11-3-6-14-22-12(8-25(14)7-11)9-28-17-24-23-15(26(17)21)10-1-4-13(5-2-10)27-16(19)20/h1-8,16H,9,21H2. The largest absolute Gasteiger partial charge is 0.435 e. The molecule has 7 nitrogen and oxygen atoms in total. The van der Waals surface area contributed by atoms with Crippen molar-refractivity contribution in [2.45, 2.75) is 17.5 Å². The molecule has 3 aromatic heterocycles. The van der Waals surface area contributed by atoms with E-state index in [0.717, 1.165) is 15.8 Å². The van der Waals surface area contributed by atoms with Crippen LogP contribution in [0, 0.1) is 0 Å². The van der Waals surface area contributed by atoms with Gasteiger partial charge in [-0.15, -0.1) is 10.2 Å². The number of halogens is 3. The van der Waals surface area contributed by atoms with Crippen molar-refractivity contribution < 1.29 is 13.5 Å². The summed E-state index contributed by atoms with van der Waals surface area (Å²) in [5, 5.41) is 8.71. The third kappa shape index (κ3) is 3.94. The van der Waals surface area contributed by atoms with E-state index in [9.17, 15) is 8.78 Å². The molecule has 0 aliphatic carbocycles. The Kier molecular flexibility index (Phi) is 5.18. The van der Waals surface area contributed by atoms with Crippen molar-refractivity contribution in [2.24, 2.45) is 0 Å². The van der Waals surface area contributed by atoms with Gasteiger partial charge in [-0.1, -0.05) is 11.8 Å². The smallest absolute Gasteiger partial charge is 0.387 e. The van der Waals surface area contributed by atoms with Crippen LogP contribution in [-0.4, -0.2) is 30.9 Å². The molecule has 144 valence electrons. The van der Waals surface area contributed by atoms with E-state index in [4.69, 9.17) is 5.84 Å². The van der Waals surface area contributed by atoms with Gasteiger partial charge in [0.15, 0.2) is 5.82 Å². The van der Waals surface area contributed by atoms with E-state index in [1.165, 1.54) is 28.6 Å². The second-order valence-corrected chi connectivity index (χ2v) is 7.57. The predicted molar refractivity (Wildman–Crippen MR) is 105 cm³/mol. The summed E-state index contributed by atoms with van der Waals surface area (Å²) in [5.41, 5.74) is 2.36. The van der Waals surface area contributed by atoms with Gasteiger partial charge in [0, 0.05) is 28.2 Å². The van der Waals surface area contributed by atoms with E-state index in [2.05, 4.69) is 35.8 Å². The number of benzene rings is 1. The summed E-state index contributed by atoms with van der Waals surface area (Å²) < 4.78 is 33.1. The number of nitrogen functional groups attached to an aromatic ring is 1. The highest BCUT2D eigenvalue weighted by atomic mass is 79.9. The molecule has 0 amide bonds. The van der Waals surface area contributed by atoms with Gasteiger partial charge in [-0.3, -0.25) is 0 Å². The highest BCUT2D eigenvalue weighted by Crippen LogP contribution is 2.26. The van der Waals surface area contributed by atoms with Crippen molar-refractivity contribution in [3.63, 3.8) is 0 Å². The number of nitrogens with zero attached hydrogens (tertiary/aromatic N) is 5. The van der Waals surface area contributed by atoms with Gasteiger partial charge >= 0.3 is 6.61 Å². The first-order valence-corrected chi connectivity index (χ1v) is 9.79. The Morgan fingerprint density at radius 3 is 2.64 bits per heavy atom. The molecule has 1 aromatic carbocycles. The fraction of sp³-hybridized carbons (Fsp3) is 0.118. The SMILES string of the molecule is Nn1c(SCc2cn3cc(Br)ccc3n2)nnc1-c1ccc(OC(F)F)cc1. The van der Waals surface area contributed by atoms with Crippen LogP contribution in [0.5, 0.6) is 5.75 Å². The molecule has 0 aliphatic heterocycles. The molecule has 0 unspecified atom stereocenters. The second kappa shape index (κ2) is 7.76. The highest BCUT2D eigenvalue weighted by molar-refractivity contribution is 9.10. The van der Waals surface area contributed by atoms with E-state index < -0.39 is 6.61 Å². The van der Waals surface area contributed by atoms with Crippen molar-refractivity contribution in [1.29, 1.82) is 0 Å². The lowest BCUT2D eigenvalue weighted by Gasteiger charge is -2.06. The average molecular weight is 467 g/mol. The zero-order chi connectivity index (χ0) is 19.7. The molecule has 0 saturated heterocycles. The average Bonchev–Trinajstić information content (AvgIpc) is 3.23. The number of imidazole rings is 1. The van der Waals surface area contributed by atoms with Crippen LogP contribution in [0.1, 0.15) is 5.69 Å². The molecule has 0 radical (unpaired) electrons. The van der Waals surface area contributed by atoms with Crippen LogP contribution in [0.2, 0.25) is 0 Å². The number of rotatable bonds is 6. The molecule has 2 N–H and O–H groups in total. The molecule has 4 rings (SSSR count). The molecule has 0 aliphatic rings. The molecule has 3 heterocycles. The summed E-state index contributed by atoms with van der Waals surface area (Å²) in [5.74, 6) is 7.15. The van der Waals surface area contributed by atoms with Gasteiger partial charge in [-0.25, -0.2) is 9.66 Å². The molecular weight excluding hydrogens is 454 g/mol. The fourth-order valence-corrected chi connectivity index (χ4v) is 3.68. The maximum absolute atomic E-state index is 12.2. The minimum Gasteiger partial charge on any atom is -0.435 e. The lowest BCUT2D eigenvalue weighted by atomic mass is 10.2. The van der Waals surface area contributed by atoms with Crippen LogP contribution in [0.25, 0.3) is 17.0 Å². The maximum Gasteiger partial charge on any atom is 0.387 e. The van der Waals surface area contributed by atoms with E-state index in [1.807, 2.05) is 28.9 Å². The summed E-state index contributed by atoms with van der Waals surface area (Å²) in [6.07, 6.45) is 3.87. The molecule has 11 heteroatoms. The van der Waals surface area contributed by atoms with E-state index in [1.54, 1.807) is 12.1 Å². The number of thioether (sulfide) groups is 1. The molecule has 0 atom stereocenters. The summed E-state index contributed by atoms with van der Waals surface area (Å²) in [6.45, 7) is -2.87. The Morgan fingerprint density at radius 1 is 1.11 bits per heavy atom. The molecule has 0 spiro atoms. The number of hydrogen-bond acceptors (Lipinski definition) is 6. The highest BCUT2D eigenvalue weighted by Gasteiger charge is 2.14. The fourth-order valence-electron chi connectivity index (χ4n) is 2.58. The topological polar surface area (TPSA) is 83.3 Å². The second-order valence-electron chi connectivity index (χ2n) is 5.71. The van der Waals surface area contributed by atoms with Gasteiger partial charge in [0.1, 0.15) is 11.4 Å². The maximum atomic E-state index is 12.2. The number of nitrogens with two attached hydrogens (primary N) is 1. The first kappa shape index (κ1) is 18.7. The monoisotopic (exact) mass is 466 g/mol. The molecular formula is C17H13BrF2N6OS. The van der Waals surface area contributed by atoms with Gasteiger partial charge < -0.3 is 15.0 Å². The molecule has 4 aromatic rings. The Morgan fingerprint density at radius 2 is 1.89 bits per heavy atom. The zero-order valence-electron chi connectivity index (χ0n) is 14.2. The van der Waals surface area contributed by atoms with Gasteiger partial charge in [-0.05, 0) is 52.3 Å². The van der Waals surface area contributed by atoms with Gasteiger partial charge in [-0.2, -0.15) is 8.78 Å². The van der Waals surface area contributed by atoms with Crippen molar-refractivity contribution in [1.82, 2.24) is 24.3 Å². The van der Waals surface area contributed by atoms with Gasteiger partial charge in [0.05, 0.1) is 5.69 Å². The van der Waals surface area contributed by atoms with Crippen LogP contribution in [0.15, 0.2) is 58.4 Å².